The van der Waals surface area contributed by atoms with E-state index in [-0.39, 0.29) is 11.9 Å². The van der Waals surface area contributed by atoms with Crippen molar-refractivity contribution in [1.29, 1.82) is 0 Å². The molecule has 2 aromatic rings. The number of nitrogens with two attached hydrogens (primary N) is 1. The average Bonchev–Trinajstić information content (AvgIpc) is 2.37. The van der Waals surface area contributed by atoms with Crippen LogP contribution in [0.25, 0.3) is 0 Å². The quantitative estimate of drug-likeness (QED) is 0.761. The van der Waals surface area contributed by atoms with Gasteiger partial charge in [0.2, 0.25) is 0 Å². The molecule has 0 heterocycles. The minimum absolute atomic E-state index is 0.189. The smallest absolute Gasteiger partial charge is 0.123 e. The SMILES string of the molecule is Cc1cccc(C(N)Cc2cc(F)ccc2Cl)c1I. The Hall–Kier alpha value is -0.650. The lowest BCUT2D eigenvalue weighted by atomic mass is 9.98. The van der Waals surface area contributed by atoms with Crippen LogP contribution < -0.4 is 5.73 Å². The zero-order valence-corrected chi connectivity index (χ0v) is 13.4. The summed E-state index contributed by atoms with van der Waals surface area (Å²) in [6.45, 7) is 2.05. The maximum Gasteiger partial charge on any atom is 0.123 e. The van der Waals surface area contributed by atoms with Crippen LogP contribution in [0.2, 0.25) is 5.02 Å². The third-order valence-corrected chi connectivity index (χ3v) is 4.91. The lowest BCUT2D eigenvalue weighted by Crippen LogP contribution is -2.15. The maximum atomic E-state index is 13.2. The predicted octanol–water partition coefficient (Wildman–Crippen LogP) is 4.63. The summed E-state index contributed by atoms with van der Waals surface area (Å²) in [5.74, 6) is -0.287. The van der Waals surface area contributed by atoms with Crippen molar-refractivity contribution in [2.75, 3.05) is 0 Å². The van der Waals surface area contributed by atoms with Gasteiger partial charge >= 0.3 is 0 Å². The van der Waals surface area contributed by atoms with Gasteiger partial charge in [0.15, 0.2) is 0 Å². The molecule has 4 heteroatoms. The molecule has 0 radical (unpaired) electrons. The second-order valence-corrected chi connectivity index (χ2v) is 6.01. The Kier molecular flexibility index (Phi) is 4.81. The first-order valence-electron chi connectivity index (χ1n) is 5.93. The van der Waals surface area contributed by atoms with Crippen LogP contribution in [-0.2, 0) is 6.42 Å². The topological polar surface area (TPSA) is 26.0 Å². The summed E-state index contributed by atoms with van der Waals surface area (Å²) < 4.78 is 14.4. The summed E-state index contributed by atoms with van der Waals surface area (Å²) in [5.41, 5.74) is 9.24. The Bertz CT molecular complexity index is 601. The third-order valence-electron chi connectivity index (χ3n) is 3.07. The van der Waals surface area contributed by atoms with Crippen LogP contribution in [0.3, 0.4) is 0 Å². The van der Waals surface area contributed by atoms with Crippen LogP contribution in [0.1, 0.15) is 22.7 Å². The van der Waals surface area contributed by atoms with Gasteiger partial charge in [0.05, 0.1) is 0 Å². The maximum absolute atomic E-state index is 13.2. The summed E-state index contributed by atoms with van der Waals surface area (Å²) >= 11 is 8.37. The number of aryl methyl sites for hydroxylation is 1. The van der Waals surface area contributed by atoms with Gasteiger partial charge in [-0.05, 0) is 70.8 Å². The molecular weight excluding hydrogens is 376 g/mol. The molecule has 0 saturated carbocycles. The molecule has 0 aliphatic heterocycles. The Morgan fingerprint density at radius 3 is 2.79 bits per heavy atom. The van der Waals surface area contributed by atoms with E-state index in [9.17, 15) is 4.39 Å². The van der Waals surface area contributed by atoms with Gasteiger partial charge in [0.25, 0.3) is 0 Å². The minimum atomic E-state index is -0.287. The molecule has 2 N–H and O–H groups in total. The van der Waals surface area contributed by atoms with Crippen molar-refractivity contribution >= 4 is 34.2 Å². The summed E-state index contributed by atoms with van der Waals surface area (Å²) in [5, 5.41) is 0.555. The number of hydrogen-bond donors (Lipinski definition) is 1. The monoisotopic (exact) mass is 389 g/mol. The van der Waals surface area contributed by atoms with Crippen molar-refractivity contribution < 1.29 is 4.39 Å². The van der Waals surface area contributed by atoms with Gasteiger partial charge in [0.1, 0.15) is 5.82 Å². The molecular formula is C15H14ClFIN. The minimum Gasteiger partial charge on any atom is -0.324 e. The number of hydrogen-bond acceptors (Lipinski definition) is 1. The van der Waals surface area contributed by atoms with Crippen LogP contribution in [0.4, 0.5) is 4.39 Å². The van der Waals surface area contributed by atoms with Crippen LogP contribution in [0.5, 0.6) is 0 Å². The summed E-state index contributed by atoms with van der Waals surface area (Å²) in [4.78, 5) is 0. The first-order valence-corrected chi connectivity index (χ1v) is 7.39. The van der Waals surface area contributed by atoms with E-state index in [1.165, 1.54) is 17.7 Å². The van der Waals surface area contributed by atoms with Gasteiger partial charge in [-0.1, -0.05) is 29.8 Å². The average molecular weight is 390 g/mol. The van der Waals surface area contributed by atoms with Crippen molar-refractivity contribution in [2.45, 2.75) is 19.4 Å². The van der Waals surface area contributed by atoms with Crippen molar-refractivity contribution in [3.8, 4) is 0 Å². The van der Waals surface area contributed by atoms with Crippen LogP contribution in [0.15, 0.2) is 36.4 Å². The highest BCUT2D eigenvalue weighted by Crippen LogP contribution is 2.27. The van der Waals surface area contributed by atoms with Gasteiger partial charge < -0.3 is 5.73 Å². The first kappa shape index (κ1) is 14.8. The molecule has 2 aromatic carbocycles. The molecule has 100 valence electrons. The molecule has 0 saturated heterocycles. The third kappa shape index (κ3) is 3.46. The van der Waals surface area contributed by atoms with Crippen molar-refractivity contribution in [2.24, 2.45) is 5.73 Å². The largest absolute Gasteiger partial charge is 0.324 e. The molecule has 0 aromatic heterocycles. The van der Waals surface area contributed by atoms with E-state index in [0.717, 1.165) is 14.7 Å². The van der Waals surface area contributed by atoms with Crippen molar-refractivity contribution in [3.05, 3.63) is 67.5 Å². The highest BCUT2D eigenvalue weighted by molar-refractivity contribution is 14.1. The van der Waals surface area contributed by atoms with E-state index in [4.69, 9.17) is 17.3 Å². The zero-order chi connectivity index (χ0) is 14.0. The van der Waals surface area contributed by atoms with E-state index in [2.05, 4.69) is 22.6 Å². The molecule has 0 bridgehead atoms. The molecule has 0 aliphatic rings. The van der Waals surface area contributed by atoms with Crippen LogP contribution in [0, 0.1) is 16.3 Å². The second kappa shape index (κ2) is 6.20. The van der Waals surface area contributed by atoms with Crippen LogP contribution >= 0.6 is 34.2 Å². The Morgan fingerprint density at radius 1 is 1.32 bits per heavy atom. The summed E-state index contributed by atoms with van der Waals surface area (Å²) in [6.07, 6.45) is 0.524. The van der Waals surface area contributed by atoms with E-state index in [1.807, 2.05) is 25.1 Å². The highest BCUT2D eigenvalue weighted by Gasteiger charge is 2.14. The van der Waals surface area contributed by atoms with Gasteiger partial charge in [-0.25, -0.2) is 4.39 Å². The van der Waals surface area contributed by atoms with E-state index in [1.54, 1.807) is 6.07 Å². The number of halogens is 3. The van der Waals surface area contributed by atoms with Gasteiger partial charge in [-0.2, -0.15) is 0 Å². The van der Waals surface area contributed by atoms with Crippen molar-refractivity contribution in [1.82, 2.24) is 0 Å². The fourth-order valence-electron chi connectivity index (χ4n) is 2.00. The van der Waals surface area contributed by atoms with Gasteiger partial charge in [-0.15, -0.1) is 0 Å². The molecule has 1 unspecified atom stereocenters. The molecule has 1 nitrogen and oxygen atoms in total. The van der Waals surface area contributed by atoms with Gasteiger partial charge in [-0.3, -0.25) is 0 Å². The molecule has 0 amide bonds. The summed E-state index contributed by atoms with van der Waals surface area (Å²) in [7, 11) is 0. The normalized spacial score (nSPS) is 12.5. The highest BCUT2D eigenvalue weighted by atomic mass is 127. The Labute approximate surface area is 131 Å². The van der Waals surface area contributed by atoms with E-state index < -0.39 is 0 Å². The molecule has 1 atom stereocenters. The molecule has 0 spiro atoms. The first-order chi connectivity index (χ1) is 8.99. The Balaban J connectivity index is 2.28. The van der Waals surface area contributed by atoms with Gasteiger partial charge in [0, 0.05) is 14.6 Å². The standard InChI is InChI=1S/C15H14ClFIN/c1-9-3-2-4-12(15(9)18)14(19)8-10-7-11(17)5-6-13(10)16/h2-7,14H,8,19H2,1H3. The number of benzene rings is 2. The number of rotatable bonds is 3. The molecule has 2 rings (SSSR count). The fourth-order valence-corrected chi connectivity index (χ4v) is 2.96. The molecule has 19 heavy (non-hydrogen) atoms. The molecule has 0 aliphatic carbocycles. The van der Waals surface area contributed by atoms with Crippen LogP contribution in [-0.4, -0.2) is 0 Å². The predicted molar refractivity (Wildman–Crippen MR) is 85.9 cm³/mol. The molecule has 0 fully saturated rings. The fraction of sp³-hybridized carbons (Fsp3) is 0.200. The van der Waals surface area contributed by atoms with E-state index in [0.29, 0.717) is 11.4 Å². The Morgan fingerprint density at radius 2 is 2.05 bits per heavy atom. The lowest BCUT2D eigenvalue weighted by molar-refractivity contribution is 0.622. The summed E-state index contributed by atoms with van der Waals surface area (Å²) in [6, 6.07) is 10.2. The lowest BCUT2D eigenvalue weighted by Gasteiger charge is -2.16. The van der Waals surface area contributed by atoms with Crippen molar-refractivity contribution in [3.63, 3.8) is 0 Å². The zero-order valence-electron chi connectivity index (χ0n) is 10.5. The second-order valence-electron chi connectivity index (χ2n) is 4.52. The van der Waals surface area contributed by atoms with E-state index >= 15 is 0 Å².